The molecule has 3 aromatic heterocycles. The number of ether oxygens (including phenoxy) is 1. The molecule has 11 heteroatoms. The Bertz CT molecular complexity index is 1300. The smallest absolute Gasteiger partial charge is 0.370 e. The number of nitrogens with zero attached hydrogens (tertiary/aromatic N) is 7. The lowest BCUT2D eigenvalue weighted by Gasteiger charge is -2.39. The van der Waals surface area contributed by atoms with Crippen molar-refractivity contribution in [2.24, 2.45) is 11.3 Å². The van der Waals surface area contributed by atoms with Crippen molar-refractivity contribution >= 4 is 17.1 Å². The first-order valence-electron chi connectivity index (χ1n) is 12.3. The Balaban J connectivity index is 1.23. The van der Waals surface area contributed by atoms with E-state index in [-0.39, 0.29) is 37.2 Å². The summed E-state index contributed by atoms with van der Waals surface area (Å²) in [7, 11) is 0. The van der Waals surface area contributed by atoms with Gasteiger partial charge in [0.15, 0.2) is 5.65 Å². The van der Waals surface area contributed by atoms with Crippen LogP contribution in [0.2, 0.25) is 0 Å². The first-order valence-corrected chi connectivity index (χ1v) is 12.3. The Morgan fingerprint density at radius 3 is 2.66 bits per heavy atom. The van der Waals surface area contributed by atoms with E-state index in [0.29, 0.717) is 54.2 Å². The van der Waals surface area contributed by atoms with Crippen LogP contribution in [-0.4, -0.2) is 55.6 Å². The van der Waals surface area contributed by atoms with Crippen LogP contribution in [0.5, 0.6) is 0 Å². The predicted octanol–water partition coefficient (Wildman–Crippen LogP) is 4.28. The zero-order valence-electron chi connectivity index (χ0n) is 19.4. The number of fused-ring (bicyclic) bond motifs is 2. The average molecular weight is 486 g/mol. The lowest BCUT2D eigenvalue weighted by atomic mass is 9.69. The molecule has 0 radical (unpaired) electrons. The van der Waals surface area contributed by atoms with Gasteiger partial charge < -0.3 is 9.64 Å². The van der Waals surface area contributed by atoms with E-state index in [1.807, 2.05) is 17.8 Å². The predicted molar refractivity (Wildman–Crippen MR) is 120 cm³/mol. The van der Waals surface area contributed by atoms with Crippen LogP contribution in [0, 0.1) is 18.3 Å². The summed E-state index contributed by atoms with van der Waals surface area (Å²) in [5, 5.41) is 4.48. The number of hydrogen-bond donors (Lipinski definition) is 0. The summed E-state index contributed by atoms with van der Waals surface area (Å²) in [6.07, 6.45) is 3.91. The number of aryl methyl sites for hydroxylation is 1. The Hall–Kier alpha value is -2.82. The van der Waals surface area contributed by atoms with E-state index in [2.05, 4.69) is 26.2 Å². The molecule has 0 aromatic carbocycles. The molecule has 1 aliphatic heterocycles. The highest BCUT2D eigenvalue weighted by Crippen LogP contribution is 2.70. The molecule has 35 heavy (non-hydrogen) atoms. The fourth-order valence-corrected chi connectivity index (χ4v) is 6.14. The Labute approximate surface area is 199 Å². The molecular weight excluding hydrogens is 459 g/mol. The molecule has 0 N–H and O–H groups in total. The zero-order valence-corrected chi connectivity index (χ0v) is 19.4. The van der Waals surface area contributed by atoms with E-state index in [1.165, 1.54) is 0 Å². The third-order valence-corrected chi connectivity index (χ3v) is 8.25. The minimum atomic E-state index is -4.19. The molecule has 2 atom stereocenters. The van der Waals surface area contributed by atoms with Crippen LogP contribution in [0.15, 0.2) is 18.6 Å². The molecule has 2 unspecified atom stereocenters. The zero-order chi connectivity index (χ0) is 23.9. The quantitative estimate of drug-likeness (QED) is 0.546. The first-order chi connectivity index (χ1) is 16.8. The van der Waals surface area contributed by atoms with Crippen molar-refractivity contribution in [3.8, 4) is 0 Å². The third kappa shape index (κ3) is 3.41. The lowest BCUT2D eigenvalue weighted by molar-refractivity contribution is -0.244. The van der Waals surface area contributed by atoms with Crippen molar-refractivity contribution in [1.82, 2.24) is 29.7 Å². The van der Waals surface area contributed by atoms with Crippen LogP contribution in [-0.2, 0) is 4.74 Å². The maximum atomic E-state index is 13.8. The highest BCUT2D eigenvalue weighted by Gasteiger charge is 2.69. The minimum absolute atomic E-state index is 0.0311. The van der Waals surface area contributed by atoms with Crippen molar-refractivity contribution in [3.63, 3.8) is 0 Å². The lowest BCUT2D eigenvalue weighted by Crippen LogP contribution is -2.42. The highest BCUT2D eigenvalue weighted by atomic mass is 19.4. The number of aromatic nitrogens is 6. The monoisotopic (exact) mass is 485 g/mol. The van der Waals surface area contributed by atoms with E-state index < -0.39 is 11.6 Å². The molecule has 184 valence electrons. The van der Waals surface area contributed by atoms with Gasteiger partial charge in [0.25, 0.3) is 0 Å². The summed E-state index contributed by atoms with van der Waals surface area (Å²) < 4.78 is 49.4. The maximum absolute atomic E-state index is 13.8. The summed E-state index contributed by atoms with van der Waals surface area (Å²) in [4.78, 5) is 20.7. The van der Waals surface area contributed by atoms with Crippen LogP contribution in [0.25, 0.3) is 11.2 Å². The van der Waals surface area contributed by atoms with Crippen LogP contribution in [0.1, 0.15) is 67.1 Å². The summed E-state index contributed by atoms with van der Waals surface area (Å²) in [6, 6.07) is 0.495. The van der Waals surface area contributed by atoms with E-state index in [4.69, 9.17) is 14.7 Å². The van der Waals surface area contributed by atoms with Gasteiger partial charge in [-0.25, -0.2) is 15.0 Å². The SMILES string of the molecule is Cc1cnc2c(C3CC4(C(F)(F)F)CC3C4)nc(N3CCOC(c4cnn(C5CC5)c4)C3)nc2n1. The number of morpholine rings is 1. The number of rotatable bonds is 4. The van der Waals surface area contributed by atoms with Crippen molar-refractivity contribution in [1.29, 1.82) is 0 Å². The van der Waals surface area contributed by atoms with Gasteiger partial charge in [-0.05, 0) is 44.9 Å². The van der Waals surface area contributed by atoms with Crippen LogP contribution >= 0.6 is 0 Å². The van der Waals surface area contributed by atoms with E-state index in [0.717, 1.165) is 18.4 Å². The van der Waals surface area contributed by atoms with Gasteiger partial charge in [0, 0.05) is 30.4 Å². The van der Waals surface area contributed by atoms with Gasteiger partial charge in [0.1, 0.15) is 11.6 Å². The topological polar surface area (TPSA) is 81.9 Å². The van der Waals surface area contributed by atoms with Crippen LogP contribution in [0.3, 0.4) is 0 Å². The van der Waals surface area contributed by atoms with Crippen molar-refractivity contribution in [2.45, 2.75) is 63.3 Å². The van der Waals surface area contributed by atoms with E-state index in [1.54, 1.807) is 6.20 Å². The van der Waals surface area contributed by atoms with E-state index >= 15 is 0 Å². The first kappa shape index (κ1) is 21.5. The molecule has 1 saturated heterocycles. The molecule has 5 fully saturated rings. The summed E-state index contributed by atoms with van der Waals surface area (Å²) in [6.45, 7) is 3.47. The second kappa shape index (κ2) is 7.35. The average Bonchev–Trinajstić information content (AvgIpc) is 3.25. The largest absolute Gasteiger partial charge is 0.394 e. The molecule has 0 amide bonds. The Morgan fingerprint density at radius 1 is 1.09 bits per heavy atom. The molecular formula is C24H26F3N7O. The molecule has 0 spiro atoms. The van der Waals surface area contributed by atoms with E-state index in [9.17, 15) is 13.2 Å². The molecule has 3 aromatic rings. The van der Waals surface area contributed by atoms with Gasteiger partial charge >= 0.3 is 6.18 Å². The normalized spacial score (nSPS) is 30.6. The van der Waals surface area contributed by atoms with Crippen molar-refractivity contribution < 1.29 is 17.9 Å². The molecule has 4 aliphatic carbocycles. The summed E-state index contributed by atoms with van der Waals surface area (Å²) >= 11 is 0. The Kier molecular flexibility index (Phi) is 4.50. The molecule has 8 nitrogen and oxygen atoms in total. The van der Waals surface area contributed by atoms with Gasteiger partial charge in [-0.2, -0.15) is 23.3 Å². The number of anilines is 1. The van der Waals surface area contributed by atoms with Gasteiger partial charge in [0.05, 0.1) is 42.2 Å². The van der Waals surface area contributed by atoms with Crippen LogP contribution < -0.4 is 4.90 Å². The standard InChI is InChI=1S/C24H26F3N7O/c1-13-9-28-20-19(17-8-23(24(25,26)27)6-14(17)7-23)31-22(32-21(20)30-13)33-4-5-35-18(12-33)15-10-29-34(11-15)16-2-3-16/h9-11,14,16-18H,2-8,12H2,1H3. The third-order valence-electron chi connectivity index (χ3n) is 8.25. The molecule has 8 rings (SSSR count). The fraction of sp³-hybridized carbons (Fsp3) is 0.625. The molecule has 5 aliphatic rings. The number of halogens is 3. The van der Waals surface area contributed by atoms with Crippen LogP contribution in [0.4, 0.5) is 19.1 Å². The van der Waals surface area contributed by atoms with Crippen molar-refractivity contribution in [3.05, 3.63) is 35.5 Å². The Morgan fingerprint density at radius 2 is 1.91 bits per heavy atom. The summed E-state index contributed by atoms with van der Waals surface area (Å²) in [5.41, 5.74) is 1.72. The maximum Gasteiger partial charge on any atom is 0.394 e. The molecule has 4 saturated carbocycles. The minimum Gasteiger partial charge on any atom is -0.370 e. The highest BCUT2D eigenvalue weighted by molar-refractivity contribution is 5.75. The van der Waals surface area contributed by atoms with Gasteiger partial charge in [-0.15, -0.1) is 0 Å². The molecule has 4 heterocycles. The van der Waals surface area contributed by atoms with Crippen molar-refractivity contribution in [2.75, 3.05) is 24.6 Å². The van der Waals surface area contributed by atoms with Gasteiger partial charge in [-0.1, -0.05) is 0 Å². The van der Waals surface area contributed by atoms with Gasteiger partial charge in [-0.3, -0.25) is 4.68 Å². The second-order valence-electron chi connectivity index (χ2n) is 10.6. The second-order valence-corrected chi connectivity index (χ2v) is 10.6. The number of alkyl halides is 3. The number of hydrogen-bond acceptors (Lipinski definition) is 7. The fourth-order valence-electron chi connectivity index (χ4n) is 6.14. The summed E-state index contributed by atoms with van der Waals surface area (Å²) in [5.74, 6) is 0.170. The van der Waals surface area contributed by atoms with Gasteiger partial charge in [0.2, 0.25) is 5.95 Å². The molecule has 2 bridgehead atoms.